The third kappa shape index (κ3) is 2.92. The minimum atomic E-state index is 0.566. The molecule has 3 nitrogen and oxygen atoms in total. The maximum absolute atomic E-state index is 5.20. The normalized spacial score (nSPS) is 19.4. The fourth-order valence-corrected chi connectivity index (χ4v) is 2.75. The smallest absolute Gasteiger partial charge is 0.161 e. The molecule has 0 amide bonds. The molecule has 1 aromatic rings. The summed E-state index contributed by atoms with van der Waals surface area (Å²) in [5, 5.41) is 4.84. The number of thioether (sulfide) groups is 1. The quantitative estimate of drug-likeness (QED) is 0.909. The fourth-order valence-electron chi connectivity index (χ4n) is 1.42. The second-order valence-corrected chi connectivity index (χ2v) is 5.92. The third-order valence-corrected chi connectivity index (χ3v) is 3.63. The summed E-state index contributed by atoms with van der Waals surface area (Å²) in [4.78, 5) is 4.41. The van der Waals surface area contributed by atoms with Gasteiger partial charge in [-0.3, -0.25) is 4.99 Å². The Balaban J connectivity index is 2.12. The van der Waals surface area contributed by atoms with E-state index in [1.54, 1.807) is 18.9 Å². The van der Waals surface area contributed by atoms with Crippen molar-refractivity contribution in [1.82, 2.24) is 0 Å². The Morgan fingerprint density at radius 2 is 2.31 bits per heavy atom. The molecule has 0 spiro atoms. The van der Waals surface area contributed by atoms with Crippen molar-refractivity contribution in [2.75, 3.05) is 19.0 Å². The van der Waals surface area contributed by atoms with E-state index < -0.39 is 0 Å². The fraction of sp³-hybridized carbons (Fsp3) is 0.364. The van der Waals surface area contributed by atoms with Gasteiger partial charge in [-0.1, -0.05) is 34.6 Å². The van der Waals surface area contributed by atoms with Crippen LogP contribution in [0.4, 0.5) is 5.69 Å². The van der Waals surface area contributed by atoms with E-state index in [0.717, 1.165) is 27.6 Å². The predicted molar refractivity (Wildman–Crippen MR) is 73.7 cm³/mol. The zero-order valence-electron chi connectivity index (χ0n) is 9.16. The maximum atomic E-state index is 5.20. The molecule has 0 saturated carbocycles. The van der Waals surface area contributed by atoms with Gasteiger partial charge in [-0.15, -0.1) is 0 Å². The second kappa shape index (κ2) is 5.10. The van der Waals surface area contributed by atoms with Gasteiger partial charge in [-0.2, -0.15) is 0 Å². The highest BCUT2D eigenvalue weighted by atomic mass is 79.9. The van der Waals surface area contributed by atoms with Gasteiger partial charge in [0, 0.05) is 21.5 Å². The van der Waals surface area contributed by atoms with Gasteiger partial charge in [-0.25, -0.2) is 0 Å². The summed E-state index contributed by atoms with van der Waals surface area (Å²) in [6, 6.07) is 5.89. The average molecular weight is 301 g/mol. The summed E-state index contributed by atoms with van der Waals surface area (Å²) in [5.74, 6) is 0.827. The Morgan fingerprint density at radius 1 is 1.50 bits per heavy atom. The van der Waals surface area contributed by atoms with Gasteiger partial charge in [0.2, 0.25) is 0 Å². The lowest BCUT2D eigenvalue weighted by Crippen LogP contribution is -2.06. The monoisotopic (exact) mass is 300 g/mol. The van der Waals surface area contributed by atoms with Crippen molar-refractivity contribution in [3.8, 4) is 5.75 Å². The summed E-state index contributed by atoms with van der Waals surface area (Å²) >= 11 is 5.21. The topological polar surface area (TPSA) is 33.6 Å². The first-order valence-corrected chi connectivity index (χ1v) is 6.67. The van der Waals surface area contributed by atoms with Crippen LogP contribution < -0.4 is 10.1 Å². The van der Waals surface area contributed by atoms with Crippen molar-refractivity contribution in [2.24, 2.45) is 4.99 Å². The summed E-state index contributed by atoms with van der Waals surface area (Å²) in [6.07, 6.45) is 0. The van der Waals surface area contributed by atoms with Gasteiger partial charge in [0.15, 0.2) is 5.17 Å². The molecule has 0 bridgehead atoms. The van der Waals surface area contributed by atoms with Gasteiger partial charge in [0.1, 0.15) is 5.75 Å². The van der Waals surface area contributed by atoms with E-state index in [4.69, 9.17) is 4.74 Å². The summed E-state index contributed by atoms with van der Waals surface area (Å²) in [6.45, 7) is 3.06. The molecule has 1 unspecified atom stereocenters. The first-order chi connectivity index (χ1) is 7.67. The number of aliphatic imine (C=N–C) groups is 1. The Morgan fingerprint density at radius 3 is 2.94 bits per heavy atom. The lowest BCUT2D eigenvalue weighted by molar-refractivity contribution is 0.415. The molecule has 5 heteroatoms. The number of nitrogens with zero attached hydrogens (tertiary/aromatic N) is 1. The Kier molecular flexibility index (Phi) is 3.76. The molecule has 1 aromatic carbocycles. The van der Waals surface area contributed by atoms with E-state index in [-0.39, 0.29) is 0 Å². The average Bonchev–Trinajstić information content (AvgIpc) is 2.63. The standard InChI is InChI=1S/C11H13BrN2OS/c1-7-6-13-11(16-7)14-9-3-8(12)4-10(5-9)15-2/h3-5,7H,6H2,1-2H3,(H,13,14). The van der Waals surface area contributed by atoms with E-state index >= 15 is 0 Å². The van der Waals surface area contributed by atoms with E-state index in [1.807, 2.05) is 18.2 Å². The van der Waals surface area contributed by atoms with Crippen LogP contribution in [0.2, 0.25) is 0 Å². The number of anilines is 1. The van der Waals surface area contributed by atoms with Crippen LogP contribution in [-0.2, 0) is 0 Å². The highest BCUT2D eigenvalue weighted by Gasteiger charge is 2.15. The molecule has 2 rings (SSSR count). The zero-order valence-corrected chi connectivity index (χ0v) is 11.6. The largest absolute Gasteiger partial charge is 0.497 e. The summed E-state index contributed by atoms with van der Waals surface area (Å²) in [7, 11) is 1.66. The number of amidine groups is 1. The van der Waals surface area contributed by atoms with Crippen molar-refractivity contribution < 1.29 is 4.74 Å². The van der Waals surface area contributed by atoms with Gasteiger partial charge in [0.05, 0.1) is 13.7 Å². The molecule has 1 heterocycles. The highest BCUT2D eigenvalue weighted by Crippen LogP contribution is 2.27. The molecule has 0 aliphatic carbocycles. The number of hydrogen-bond donors (Lipinski definition) is 1. The molecule has 0 aromatic heterocycles. The Labute approximate surface area is 108 Å². The maximum Gasteiger partial charge on any atom is 0.161 e. The van der Waals surface area contributed by atoms with Gasteiger partial charge < -0.3 is 10.1 Å². The van der Waals surface area contributed by atoms with Crippen LogP contribution in [0, 0.1) is 0 Å². The van der Waals surface area contributed by atoms with E-state index in [9.17, 15) is 0 Å². The van der Waals surface area contributed by atoms with Crippen molar-refractivity contribution in [1.29, 1.82) is 0 Å². The van der Waals surface area contributed by atoms with Crippen molar-refractivity contribution >= 4 is 38.5 Å². The molecule has 86 valence electrons. The second-order valence-electron chi connectivity index (χ2n) is 3.58. The summed E-state index contributed by atoms with van der Waals surface area (Å²) < 4.78 is 6.20. The molecule has 1 aliphatic rings. The van der Waals surface area contributed by atoms with Crippen molar-refractivity contribution in [3.05, 3.63) is 22.7 Å². The van der Waals surface area contributed by atoms with Crippen LogP contribution in [0.3, 0.4) is 0 Å². The SMILES string of the molecule is COc1cc(Br)cc(NC2=NCC(C)S2)c1. The molecule has 1 atom stereocenters. The first-order valence-electron chi connectivity index (χ1n) is 5.00. The lowest BCUT2D eigenvalue weighted by atomic mass is 10.3. The van der Waals surface area contributed by atoms with Crippen LogP contribution >= 0.6 is 27.7 Å². The molecular formula is C11H13BrN2OS. The Hall–Kier alpha value is -0.680. The van der Waals surface area contributed by atoms with Crippen molar-refractivity contribution in [3.63, 3.8) is 0 Å². The molecular weight excluding hydrogens is 288 g/mol. The summed E-state index contributed by atoms with van der Waals surface area (Å²) in [5.41, 5.74) is 0.992. The van der Waals surface area contributed by atoms with Gasteiger partial charge in [0.25, 0.3) is 0 Å². The van der Waals surface area contributed by atoms with Crippen LogP contribution in [0.25, 0.3) is 0 Å². The highest BCUT2D eigenvalue weighted by molar-refractivity contribution is 9.10. The third-order valence-electron chi connectivity index (χ3n) is 2.16. The number of benzene rings is 1. The molecule has 1 aliphatic heterocycles. The van der Waals surface area contributed by atoms with Crippen LogP contribution in [0.15, 0.2) is 27.7 Å². The molecule has 16 heavy (non-hydrogen) atoms. The van der Waals surface area contributed by atoms with E-state index in [2.05, 4.69) is 33.2 Å². The van der Waals surface area contributed by atoms with Crippen LogP contribution in [-0.4, -0.2) is 24.1 Å². The van der Waals surface area contributed by atoms with E-state index in [0.29, 0.717) is 5.25 Å². The zero-order chi connectivity index (χ0) is 11.5. The lowest BCUT2D eigenvalue weighted by Gasteiger charge is -2.08. The number of hydrogen-bond acceptors (Lipinski definition) is 4. The molecule has 0 radical (unpaired) electrons. The van der Waals surface area contributed by atoms with Crippen LogP contribution in [0.1, 0.15) is 6.92 Å². The molecule has 1 N–H and O–H groups in total. The van der Waals surface area contributed by atoms with Crippen molar-refractivity contribution in [2.45, 2.75) is 12.2 Å². The number of halogens is 1. The number of methoxy groups -OCH3 is 1. The number of ether oxygens (including phenoxy) is 1. The molecule has 0 fully saturated rings. The number of nitrogens with one attached hydrogen (secondary N) is 1. The first kappa shape index (κ1) is 11.8. The molecule has 0 saturated heterocycles. The van der Waals surface area contributed by atoms with E-state index in [1.165, 1.54) is 0 Å². The Bertz CT molecular complexity index is 422. The van der Waals surface area contributed by atoms with Gasteiger partial charge >= 0.3 is 0 Å². The predicted octanol–water partition coefficient (Wildman–Crippen LogP) is 3.36. The van der Waals surface area contributed by atoms with Gasteiger partial charge in [-0.05, 0) is 12.1 Å². The number of rotatable bonds is 2. The minimum Gasteiger partial charge on any atom is -0.497 e. The minimum absolute atomic E-state index is 0.566. The van der Waals surface area contributed by atoms with Crippen LogP contribution in [0.5, 0.6) is 5.75 Å².